The van der Waals surface area contributed by atoms with Crippen molar-refractivity contribution in [2.75, 3.05) is 13.1 Å². The van der Waals surface area contributed by atoms with Gasteiger partial charge < -0.3 is 15.3 Å². The van der Waals surface area contributed by atoms with Gasteiger partial charge in [-0.25, -0.2) is 4.79 Å². The molecule has 1 unspecified atom stereocenters. The number of rotatable bonds is 3. The number of urea groups is 1. The number of benzene rings is 2. The molecular weight excluding hydrogens is 292 g/mol. The van der Waals surface area contributed by atoms with Crippen LogP contribution in [0.25, 0.3) is 10.8 Å². The molecule has 2 amide bonds. The lowest BCUT2D eigenvalue weighted by Crippen LogP contribution is -2.40. The fraction of sp³-hybridized carbons (Fsp3) is 0.333. The topological polar surface area (TPSA) is 69.6 Å². The molecule has 2 aromatic rings. The molecule has 1 aliphatic heterocycles. The summed E-state index contributed by atoms with van der Waals surface area (Å²) in [5.41, 5.74) is 0.192. The van der Waals surface area contributed by atoms with Gasteiger partial charge in [0.2, 0.25) is 0 Å². The van der Waals surface area contributed by atoms with E-state index in [1.807, 2.05) is 30.3 Å². The molecule has 0 radical (unpaired) electrons. The number of hydrogen-bond donors (Lipinski definition) is 2. The van der Waals surface area contributed by atoms with Gasteiger partial charge in [0.25, 0.3) is 0 Å². The van der Waals surface area contributed by atoms with Crippen LogP contribution in [0, 0.1) is 5.41 Å². The maximum atomic E-state index is 12.2. The molecule has 5 heteroatoms. The molecular formula is C18H20N2O3. The smallest absolute Gasteiger partial charge is 0.317 e. The van der Waals surface area contributed by atoms with Gasteiger partial charge in [0, 0.05) is 19.6 Å². The summed E-state index contributed by atoms with van der Waals surface area (Å²) in [7, 11) is 0. The highest BCUT2D eigenvalue weighted by molar-refractivity contribution is 5.83. The van der Waals surface area contributed by atoms with Crippen molar-refractivity contribution in [1.82, 2.24) is 10.2 Å². The van der Waals surface area contributed by atoms with Crippen LogP contribution >= 0.6 is 0 Å². The molecule has 1 atom stereocenters. The van der Waals surface area contributed by atoms with Crippen molar-refractivity contribution >= 4 is 22.8 Å². The lowest BCUT2D eigenvalue weighted by Gasteiger charge is -2.20. The van der Waals surface area contributed by atoms with Gasteiger partial charge in [-0.05, 0) is 35.7 Å². The molecule has 3 rings (SSSR count). The third kappa shape index (κ3) is 3.13. The van der Waals surface area contributed by atoms with Crippen LogP contribution in [0.4, 0.5) is 4.79 Å². The fourth-order valence-electron chi connectivity index (χ4n) is 2.95. The predicted octanol–water partition coefficient (Wildman–Crippen LogP) is 2.85. The van der Waals surface area contributed by atoms with Gasteiger partial charge in [-0.3, -0.25) is 4.79 Å². The Labute approximate surface area is 134 Å². The van der Waals surface area contributed by atoms with Crippen LogP contribution in [0.15, 0.2) is 42.5 Å². The number of carboxylic acids is 1. The normalized spacial score (nSPS) is 20.7. The van der Waals surface area contributed by atoms with Crippen molar-refractivity contribution in [3.63, 3.8) is 0 Å². The number of carbonyl (C=O) groups is 2. The standard InChI is InChI=1S/C18H20N2O3/c1-18(16(21)22)8-9-20(12-18)17(23)19-11-13-6-7-14-4-2-3-5-15(14)10-13/h2-7,10H,8-9,11-12H2,1H3,(H,19,23)(H,21,22). The summed E-state index contributed by atoms with van der Waals surface area (Å²) in [5, 5.41) is 14.4. The van der Waals surface area contributed by atoms with Crippen molar-refractivity contribution in [1.29, 1.82) is 0 Å². The average molecular weight is 312 g/mol. The number of aliphatic carboxylic acids is 1. The molecule has 2 aromatic carbocycles. The van der Waals surface area contributed by atoms with Crippen molar-refractivity contribution < 1.29 is 14.7 Å². The minimum absolute atomic E-state index is 0.205. The van der Waals surface area contributed by atoms with Crippen LogP contribution in [-0.2, 0) is 11.3 Å². The van der Waals surface area contributed by atoms with E-state index in [1.165, 1.54) is 5.39 Å². The van der Waals surface area contributed by atoms with Crippen molar-refractivity contribution in [2.24, 2.45) is 5.41 Å². The van der Waals surface area contributed by atoms with Gasteiger partial charge in [0.05, 0.1) is 5.41 Å². The molecule has 0 bridgehead atoms. The van der Waals surface area contributed by atoms with Crippen molar-refractivity contribution in [3.8, 4) is 0 Å². The average Bonchev–Trinajstić information content (AvgIpc) is 2.96. The Bertz CT molecular complexity index is 759. The second-order valence-electron chi connectivity index (χ2n) is 6.38. The number of nitrogens with zero attached hydrogens (tertiary/aromatic N) is 1. The Morgan fingerprint density at radius 3 is 2.65 bits per heavy atom. The summed E-state index contributed by atoms with van der Waals surface area (Å²) < 4.78 is 0. The van der Waals surface area contributed by atoms with Crippen LogP contribution in [-0.4, -0.2) is 35.1 Å². The third-order valence-corrected chi connectivity index (χ3v) is 4.53. The van der Waals surface area contributed by atoms with E-state index in [4.69, 9.17) is 0 Å². The Morgan fingerprint density at radius 1 is 1.22 bits per heavy atom. The van der Waals surface area contributed by atoms with E-state index < -0.39 is 11.4 Å². The summed E-state index contributed by atoms with van der Waals surface area (Å²) in [6.07, 6.45) is 0.492. The molecule has 1 heterocycles. The molecule has 0 spiro atoms. The van der Waals surface area contributed by atoms with E-state index in [1.54, 1.807) is 11.8 Å². The van der Waals surface area contributed by atoms with Crippen LogP contribution in [0.2, 0.25) is 0 Å². The highest BCUT2D eigenvalue weighted by Gasteiger charge is 2.42. The minimum Gasteiger partial charge on any atom is -0.481 e. The van der Waals surface area contributed by atoms with Crippen molar-refractivity contribution in [3.05, 3.63) is 48.0 Å². The van der Waals surface area contributed by atoms with E-state index in [9.17, 15) is 14.7 Å². The lowest BCUT2D eigenvalue weighted by molar-refractivity contribution is -0.146. The van der Waals surface area contributed by atoms with Crippen LogP contribution in [0.5, 0.6) is 0 Å². The first kappa shape index (κ1) is 15.3. The summed E-state index contributed by atoms with van der Waals surface area (Å²) in [6.45, 7) is 2.86. The number of carbonyl (C=O) groups excluding carboxylic acids is 1. The fourth-order valence-corrected chi connectivity index (χ4v) is 2.95. The van der Waals surface area contributed by atoms with E-state index in [0.717, 1.165) is 10.9 Å². The summed E-state index contributed by atoms with van der Waals surface area (Å²) in [6, 6.07) is 14.0. The molecule has 0 aromatic heterocycles. The Hall–Kier alpha value is -2.56. The first-order chi connectivity index (χ1) is 11.0. The van der Waals surface area contributed by atoms with Crippen LogP contribution in [0.3, 0.4) is 0 Å². The van der Waals surface area contributed by atoms with Gasteiger partial charge in [-0.15, -0.1) is 0 Å². The predicted molar refractivity (Wildman–Crippen MR) is 88.1 cm³/mol. The SMILES string of the molecule is CC1(C(=O)O)CCN(C(=O)NCc2ccc3ccccc3c2)C1. The third-order valence-electron chi connectivity index (χ3n) is 4.53. The zero-order valence-electron chi connectivity index (χ0n) is 13.1. The zero-order chi connectivity index (χ0) is 16.4. The van der Waals surface area contributed by atoms with Gasteiger partial charge >= 0.3 is 12.0 Å². The maximum absolute atomic E-state index is 12.2. The zero-order valence-corrected chi connectivity index (χ0v) is 13.1. The number of carboxylic acid groups (broad SMARTS) is 1. The largest absolute Gasteiger partial charge is 0.481 e. The lowest BCUT2D eigenvalue weighted by atomic mass is 9.90. The van der Waals surface area contributed by atoms with E-state index in [2.05, 4.69) is 17.4 Å². The summed E-state index contributed by atoms with van der Waals surface area (Å²) >= 11 is 0. The quantitative estimate of drug-likeness (QED) is 0.915. The van der Waals surface area contributed by atoms with Gasteiger partial charge in [0.15, 0.2) is 0 Å². The molecule has 1 aliphatic rings. The number of hydrogen-bond acceptors (Lipinski definition) is 2. The molecule has 1 saturated heterocycles. The van der Waals surface area contributed by atoms with Crippen LogP contribution in [0.1, 0.15) is 18.9 Å². The Kier molecular flexibility index (Phi) is 3.94. The number of amides is 2. The molecule has 2 N–H and O–H groups in total. The summed E-state index contributed by atoms with van der Waals surface area (Å²) in [5.74, 6) is -0.845. The highest BCUT2D eigenvalue weighted by Crippen LogP contribution is 2.30. The number of nitrogens with one attached hydrogen (secondary N) is 1. The number of likely N-dealkylation sites (tertiary alicyclic amines) is 1. The molecule has 5 nitrogen and oxygen atoms in total. The maximum Gasteiger partial charge on any atom is 0.317 e. The molecule has 0 aliphatic carbocycles. The Balaban J connectivity index is 1.61. The summed E-state index contributed by atoms with van der Waals surface area (Å²) in [4.78, 5) is 25.0. The van der Waals surface area contributed by atoms with Gasteiger partial charge in [-0.2, -0.15) is 0 Å². The Morgan fingerprint density at radius 2 is 1.96 bits per heavy atom. The molecule has 0 saturated carbocycles. The first-order valence-electron chi connectivity index (χ1n) is 7.72. The monoisotopic (exact) mass is 312 g/mol. The molecule has 120 valence electrons. The highest BCUT2D eigenvalue weighted by atomic mass is 16.4. The van der Waals surface area contributed by atoms with Crippen molar-refractivity contribution in [2.45, 2.75) is 19.9 Å². The first-order valence-corrected chi connectivity index (χ1v) is 7.72. The van der Waals surface area contributed by atoms with E-state index in [0.29, 0.717) is 19.5 Å². The van der Waals surface area contributed by atoms with E-state index >= 15 is 0 Å². The van der Waals surface area contributed by atoms with E-state index in [-0.39, 0.29) is 12.6 Å². The second kappa shape index (κ2) is 5.91. The molecule has 1 fully saturated rings. The second-order valence-corrected chi connectivity index (χ2v) is 6.38. The molecule has 23 heavy (non-hydrogen) atoms. The number of fused-ring (bicyclic) bond motifs is 1. The van der Waals surface area contributed by atoms with Gasteiger partial charge in [-0.1, -0.05) is 36.4 Å². The van der Waals surface area contributed by atoms with Gasteiger partial charge in [0.1, 0.15) is 0 Å². The van der Waals surface area contributed by atoms with Crippen LogP contribution < -0.4 is 5.32 Å². The minimum atomic E-state index is -0.845.